The number of ether oxygens (including phenoxy) is 2. The maximum absolute atomic E-state index is 13.6. The zero-order chi connectivity index (χ0) is 17.5. The smallest absolute Gasteiger partial charge is 0.170 e. The summed E-state index contributed by atoms with van der Waals surface area (Å²) in [6.45, 7) is 0.592. The van der Waals surface area contributed by atoms with Crippen molar-refractivity contribution in [2.45, 2.75) is 6.42 Å². The van der Waals surface area contributed by atoms with Crippen LogP contribution in [0.25, 0.3) is 0 Å². The number of hydrogen-bond donors (Lipinski definition) is 2. The van der Waals surface area contributed by atoms with Gasteiger partial charge in [0.2, 0.25) is 0 Å². The molecule has 7 heteroatoms. The number of anilines is 1. The van der Waals surface area contributed by atoms with Gasteiger partial charge in [0.15, 0.2) is 16.6 Å². The maximum atomic E-state index is 13.6. The first kappa shape index (κ1) is 18.5. The highest BCUT2D eigenvalue weighted by molar-refractivity contribution is 9.10. The van der Waals surface area contributed by atoms with Crippen molar-refractivity contribution in [1.82, 2.24) is 5.32 Å². The van der Waals surface area contributed by atoms with Gasteiger partial charge in [-0.25, -0.2) is 4.39 Å². The molecular weight excluding hydrogens is 395 g/mol. The molecule has 0 aliphatic heterocycles. The fourth-order valence-electron chi connectivity index (χ4n) is 2.13. The van der Waals surface area contributed by atoms with Gasteiger partial charge in [-0.1, -0.05) is 28.1 Å². The third-order valence-electron chi connectivity index (χ3n) is 3.35. The Hall–Kier alpha value is -1.86. The Kier molecular flexibility index (Phi) is 6.81. The third-order valence-corrected chi connectivity index (χ3v) is 4.34. The molecule has 0 amide bonds. The first-order valence-corrected chi connectivity index (χ1v) is 8.45. The molecule has 2 aromatic rings. The van der Waals surface area contributed by atoms with Crippen LogP contribution in [0.2, 0.25) is 0 Å². The highest BCUT2D eigenvalue weighted by Crippen LogP contribution is 2.33. The molecule has 0 bridgehead atoms. The van der Waals surface area contributed by atoms with E-state index in [4.69, 9.17) is 21.7 Å². The Labute approximate surface area is 154 Å². The van der Waals surface area contributed by atoms with Crippen LogP contribution in [0.5, 0.6) is 11.5 Å². The second-order valence-electron chi connectivity index (χ2n) is 4.91. The lowest BCUT2D eigenvalue weighted by molar-refractivity contribution is 0.354. The van der Waals surface area contributed by atoms with Crippen LogP contribution in [0.15, 0.2) is 40.9 Å². The number of nitrogens with one attached hydrogen (secondary N) is 2. The van der Waals surface area contributed by atoms with Crippen molar-refractivity contribution in [1.29, 1.82) is 0 Å². The summed E-state index contributed by atoms with van der Waals surface area (Å²) in [7, 11) is 3.19. The highest BCUT2D eigenvalue weighted by atomic mass is 79.9. The van der Waals surface area contributed by atoms with Gasteiger partial charge in [-0.05, 0) is 48.5 Å². The monoisotopic (exact) mass is 412 g/mol. The van der Waals surface area contributed by atoms with Gasteiger partial charge in [0.25, 0.3) is 0 Å². The molecule has 0 atom stereocenters. The lowest BCUT2D eigenvalue weighted by Crippen LogP contribution is -2.30. The van der Waals surface area contributed by atoms with E-state index >= 15 is 0 Å². The number of rotatable bonds is 6. The van der Waals surface area contributed by atoms with Crippen LogP contribution < -0.4 is 20.1 Å². The molecule has 2 N–H and O–H groups in total. The van der Waals surface area contributed by atoms with Gasteiger partial charge in [-0.2, -0.15) is 0 Å². The summed E-state index contributed by atoms with van der Waals surface area (Å²) in [6.07, 6.45) is 0.708. The molecular formula is C17H18BrFN2O2S. The molecule has 0 aliphatic rings. The van der Waals surface area contributed by atoms with Gasteiger partial charge >= 0.3 is 0 Å². The summed E-state index contributed by atoms with van der Waals surface area (Å²) < 4.78 is 25.0. The second-order valence-corrected chi connectivity index (χ2v) is 6.17. The topological polar surface area (TPSA) is 42.5 Å². The molecule has 0 saturated heterocycles. The number of para-hydroxylation sites is 1. The molecule has 2 rings (SSSR count). The third kappa shape index (κ3) is 4.82. The van der Waals surface area contributed by atoms with E-state index in [0.29, 0.717) is 35.3 Å². The summed E-state index contributed by atoms with van der Waals surface area (Å²) in [5.74, 6) is 0.991. The van der Waals surface area contributed by atoms with E-state index in [0.717, 1.165) is 10.0 Å². The predicted octanol–water partition coefficient (Wildman–Crippen LogP) is 4.13. The summed E-state index contributed by atoms with van der Waals surface area (Å²) in [6, 6.07) is 10.2. The van der Waals surface area contributed by atoms with Gasteiger partial charge in [0, 0.05) is 11.0 Å². The Balaban J connectivity index is 1.92. The Morgan fingerprint density at radius 3 is 2.50 bits per heavy atom. The van der Waals surface area contributed by atoms with Crippen LogP contribution >= 0.6 is 28.1 Å². The minimum Gasteiger partial charge on any atom is -0.493 e. The Bertz CT molecular complexity index is 728. The van der Waals surface area contributed by atoms with Crippen LogP contribution in [0.1, 0.15) is 5.56 Å². The molecule has 2 aromatic carbocycles. The van der Waals surface area contributed by atoms with E-state index in [1.165, 1.54) is 6.07 Å². The lowest BCUT2D eigenvalue weighted by Gasteiger charge is -2.14. The standard InChI is InChI=1S/C17H18BrFN2O2S/c1-22-15-9-11(12(18)10-16(15)23-2)7-8-20-17(24)21-14-6-4-3-5-13(14)19/h3-6,9-10H,7-8H2,1-2H3,(H2,20,21,24). The summed E-state index contributed by atoms with van der Waals surface area (Å²) >= 11 is 8.71. The zero-order valence-corrected chi connectivity index (χ0v) is 15.8. The number of benzene rings is 2. The van der Waals surface area contributed by atoms with E-state index in [1.54, 1.807) is 32.4 Å². The van der Waals surface area contributed by atoms with Crippen LogP contribution in [0.3, 0.4) is 0 Å². The minimum atomic E-state index is -0.343. The molecule has 0 saturated carbocycles. The van der Waals surface area contributed by atoms with E-state index in [2.05, 4.69) is 26.6 Å². The first-order valence-electron chi connectivity index (χ1n) is 7.25. The summed E-state index contributed by atoms with van der Waals surface area (Å²) in [5.41, 5.74) is 1.40. The molecule has 24 heavy (non-hydrogen) atoms. The van der Waals surface area contributed by atoms with Crippen molar-refractivity contribution in [2.24, 2.45) is 0 Å². The maximum Gasteiger partial charge on any atom is 0.170 e. The van der Waals surface area contributed by atoms with E-state index in [9.17, 15) is 4.39 Å². The van der Waals surface area contributed by atoms with E-state index in [1.807, 2.05) is 12.1 Å². The normalized spacial score (nSPS) is 10.2. The quantitative estimate of drug-likeness (QED) is 0.698. The second kappa shape index (κ2) is 8.84. The van der Waals surface area contributed by atoms with Crippen molar-refractivity contribution < 1.29 is 13.9 Å². The summed E-state index contributed by atoms with van der Waals surface area (Å²) in [4.78, 5) is 0. The number of methoxy groups -OCH3 is 2. The molecule has 0 unspecified atom stereocenters. The molecule has 4 nitrogen and oxygen atoms in total. The average molecular weight is 413 g/mol. The van der Waals surface area contributed by atoms with Gasteiger partial charge in [-0.3, -0.25) is 0 Å². The molecule has 0 spiro atoms. The molecule has 0 aliphatic carbocycles. The first-order chi connectivity index (χ1) is 11.5. The highest BCUT2D eigenvalue weighted by Gasteiger charge is 2.10. The van der Waals surface area contributed by atoms with Gasteiger partial charge in [0.1, 0.15) is 5.82 Å². The van der Waals surface area contributed by atoms with Crippen LogP contribution in [-0.4, -0.2) is 25.9 Å². The molecule has 0 fully saturated rings. The van der Waals surface area contributed by atoms with E-state index in [-0.39, 0.29) is 5.82 Å². The van der Waals surface area contributed by atoms with Crippen LogP contribution in [-0.2, 0) is 6.42 Å². The van der Waals surface area contributed by atoms with Gasteiger partial charge < -0.3 is 20.1 Å². The molecule has 0 aromatic heterocycles. The van der Waals surface area contributed by atoms with Gasteiger partial charge in [0.05, 0.1) is 19.9 Å². The van der Waals surface area contributed by atoms with Crippen molar-refractivity contribution in [3.63, 3.8) is 0 Å². The van der Waals surface area contributed by atoms with Crippen molar-refractivity contribution in [2.75, 3.05) is 26.1 Å². The predicted molar refractivity (Wildman–Crippen MR) is 102 cm³/mol. The molecule has 128 valence electrons. The number of halogens is 2. The largest absolute Gasteiger partial charge is 0.493 e. The molecule has 0 heterocycles. The van der Waals surface area contributed by atoms with Crippen molar-refractivity contribution in [3.05, 3.63) is 52.3 Å². The van der Waals surface area contributed by atoms with Crippen LogP contribution in [0.4, 0.5) is 10.1 Å². The van der Waals surface area contributed by atoms with Gasteiger partial charge in [-0.15, -0.1) is 0 Å². The number of thiocarbonyl (C=S) groups is 1. The Morgan fingerprint density at radius 1 is 1.17 bits per heavy atom. The fraction of sp³-hybridized carbons (Fsp3) is 0.235. The number of hydrogen-bond acceptors (Lipinski definition) is 3. The SMILES string of the molecule is COc1cc(Br)c(CCNC(=S)Nc2ccccc2F)cc1OC. The zero-order valence-electron chi connectivity index (χ0n) is 13.4. The summed E-state index contributed by atoms with van der Waals surface area (Å²) in [5, 5.41) is 6.27. The lowest BCUT2D eigenvalue weighted by atomic mass is 10.1. The minimum absolute atomic E-state index is 0.343. The van der Waals surface area contributed by atoms with Crippen molar-refractivity contribution >= 4 is 38.9 Å². The van der Waals surface area contributed by atoms with E-state index < -0.39 is 0 Å². The van der Waals surface area contributed by atoms with Crippen molar-refractivity contribution in [3.8, 4) is 11.5 Å². The molecule has 0 radical (unpaired) electrons. The average Bonchev–Trinajstić information content (AvgIpc) is 2.58. The fourth-order valence-corrected chi connectivity index (χ4v) is 2.86. The van der Waals surface area contributed by atoms with Crippen LogP contribution in [0, 0.1) is 5.82 Å². The Morgan fingerprint density at radius 2 is 1.83 bits per heavy atom.